The van der Waals surface area contributed by atoms with Crippen molar-refractivity contribution in [1.29, 1.82) is 5.26 Å². The Labute approximate surface area is 151 Å². The van der Waals surface area contributed by atoms with Gasteiger partial charge in [-0.2, -0.15) is 10.2 Å². The van der Waals surface area contributed by atoms with Gasteiger partial charge < -0.3 is 21.7 Å². The number of nitrogens with one attached hydrogen (secondary N) is 1. The fraction of sp³-hybridized carbons (Fsp3) is 0.211. The summed E-state index contributed by atoms with van der Waals surface area (Å²) in [7, 11) is 0. The van der Waals surface area contributed by atoms with E-state index in [0.717, 1.165) is 36.2 Å². The van der Waals surface area contributed by atoms with Crippen LogP contribution < -0.4 is 21.7 Å². The van der Waals surface area contributed by atoms with Crippen LogP contribution in [0.25, 0.3) is 10.9 Å². The Morgan fingerprint density at radius 2 is 2.04 bits per heavy atom. The zero-order chi connectivity index (χ0) is 18.1. The van der Waals surface area contributed by atoms with E-state index in [4.69, 9.17) is 21.7 Å². The molecule has 0 bridgehead atoms. The lowest BCUT2D eigenvalue weighted by atomic mass is 10.2. The molecule has 4 rings (SSSR count). The number of rotatable bonds is 3. The predicted molar refractivity (Wildman–Crippen MR) is 103 cm³/mol. The number of nitrogens with two attached hydrogens (primary N) is 2. The summed E-state index contributed by atoms with van der Waals surface area (Å²) < 4.78 is 0. The zero-order valence-electron chi connectivity index (χ0n) is 14.2. The fourth-order valence-electron chi connectivity index (χ4n) is 3.25. The van der Waals surface area contributed by atoms with Gasteiger partial charge in [-0.1, -0.05) is 12.1 Å². The highest BCUT2D eigenvalue weighted by Gasteiger charge is 2.23. The number of nitrogen functional groups attached to an aromatic ring is 1. The number of para-hydroxylation sites is 1. The van der Waals surface area contributed by atoms with Crippen molar-refractivity contribution in [3.8, 4) is 6.07 Å². The third-order valence-electron chi connectivity index (χ3n) is 4.45. The summed E-state index contributed by atoms with van der Waals surface area (Å²) in [5.41, 5.74) is 14.5. The minimum Gasteiger partial charge on any atom is -0.399 e. The highest BCUT2D eigenvalue weighted by molar-refractivity contribution is 5.91. The first-order valence-electron chi connectivity index (χ1n) is 8.47. The van der Waals surface area contributed by atoms with Crippen molar-refractivity contribution in [2.45, 2.75) is 12.5 Å². The molecule has 1 saturated heterocycles. The van der Waals surface area contributed by atoms with Gasteiger partial charge in [-0.05, 0) is 36.8 Å². The van der Waals surface area contributed by atoms with Crippen LogP contribution in [0.4, 0.5) is 23.1 Å². The lowest BCUT2D eigenvalue weighted by Crippen LogP contribution is -2.27. The molecular formula is C19H19N7. The van der Waals surface area contributed by atoms with E-state index >= 15 is 0 Å². The van der Waals surface area contributed by atoms with Crippen molar-refractivity contribution < 1.29 is 0 Å². The van der Waals surface area contributed by atoms with Gasteiger partial charge in [0.1, 0.15) is 5.82 Å². The van der Waals surface area contributed by atoms with Crippen LogP contribution in [0.2, 0.25) is 0 Å². The number of hydrogen-bond donors (Lipinski definition) is 3. The molecule has 26 heavy (non-hydrogen) atoms. The van der Waals surface area contributed by atoms with E-state index in [0.29, 0.717) is 22.9 Å². The molecule has 3 aromatic rings. The van der Waals surface area contributed by atoms with Crippen molar-refractivity contribution in [2.24, 2.45) is 5.73 Å². The van der Waals surface area contributed by atoms with Crippen LogP contribution in [0.15, 0.2) is 42.5 Å². The number of hydrogen-bond acceptors (Lipinski definition) is 7. The minimum atomic E-state index is 0.159. The van der Waals surface area contributed by atoms with Gasteiger partial charge in [-0.25, -0.2) is 4.98 Å². The summed E-state index contributed by atoms with van der Waals surface area (Å²) >= 11 is 0. The quantitative estimate of drug-likeness (QED) is 0.624. The summed E-state index contributed by atoms with van der Waals surface area (Å²) in [5, 5.41) is 13.3. The largest absolute Gasteiger partial charge is 0.399 e. The average molecular weight is 345 g/mol. The Kier molecular flexibility index (Phi) is 4.03. The third kappa shape index (κ3) is 3.10. The first kappa shape index (κ1) is 16.1. The normalized spacial score (nSPS) is 16.6. The van der Waals surface area contributed by atoms with E-state index in [9.17, 15) is 0 Å². The molecule has 1 fully saturated rings. The lowest BCUT2D eigenvalue weighted by Gasteiger charge is -2.20. The van der Waals surface area contributed by atoms with Crippen LogP contribution in [0, 0.1) is 11.3 Å². The molecule has 0 aliphatic carbocycles. The maximum Gasteiger partial charge on any atom is 0.229 e. The Morgan fingerprint density at radius 1 is 1.19 bits per heavy atom. The second-order valence-corrected chi connectivity index (χ2v) is 6.46. The molecule has 130 valence electrons. The smallest absolute Gasteiger partial charge is 0.229 e. The molecule has 2 aromatic carbocycles. The summed E-state index contributed by atoms with van der Waals surface area (Å²) in [4.78, 5) is 11.5. The van der Waals surface area contributed by atoms with E-state index in [1.54, 1.807) is 18.2 Å². The summed E-state index contributed by atoms with van der Waals surface area (Å²) in [5.74, 6) is 1.34. The number of benzene rings is 2. The average Bonchev–Trinajstić information content (AvgIpc) is 3.06. The van der Waals surface area contributed by atoms with Crippen molar-refractivity contribution in [1.82, 2.24) is 9.97 Å². The standard InChI is InChI=1S/C19H19N7/c20-10-12-7-14(22)9-15(8-12)23-19-24-17-4-2-1-3-16(17)18(25-19)26-6-5-13(21)11-26/h1-4,7-9,13H,5-6,11,21-22H2,(H,23,24,25). The molecule has 0 amide bonds. The van der Waals surface area contributed by atoms with Gasteiger partial charge in [0.2, 0.25) is 5.95 Å². The molecule has 5 N–H and O–H groups in total. The number of fused-ring (bicyclic) bond motifs is 1. The Morgan fingerprint density at radius 3 is 2.81 bits per heavy atom. The fourth-order valence-corrected chi connectivity index (χ4v) is 3.25. The molecule has 7 heteroatoms. The topological polar surface area (TPSA) is 117 Å². The van der Waals surface area contributed by atoms with Gasteiger partial charge in [0.05, 0.1) is 17.1 Å². The Balaban J connectivity index is 1.76. The Hall–Kier alpha value is -3.37. The number of nitriles is 1. The highest BCUT2D eigenvalue weighted by Crippen LogP contribution is 2.29. The van der Waals surface area contributed by atoms with E-state index in [1.165, 1.54) is 0 Å². The predicted octanol–water partition coefficient (Wildman–Crippen LogP) is 2.36. The lowest BCUT2D eigenvalue weighted by molar-refractivity contribution is 0.751. The van der Waals surface area contributed by atoms with Crippen LogP contribution >= 0.6 is 0 Å². The molecule has 0 radical (unpaired) electrons. The summed E-state index contributed by atoms with van der Waals surface area (Å²) in [6, 6.07) is 15.3. The maximum absolute atomic E-state index is 9.12. The van der Waals surface area contributed by atoms with E-state index in [2.05, 4.69) is 21.3 Å². The van der Waals surface area contributed by atoms with Crippen LogP contribution in [0.3, 0.4) is 0 Å². The van der Waals surface area contributed by atoms with E-state index < -0.39 is 0 Å². The van der Waals surface area contributed by atoms with E-state index in [1.807, 2.05) is 24.3 Å². The van der Waals surface area contributed by atoms with Gasteiger partial charge in [-0.15, -0.1) is 0 Å². The second kappa shape index (κ2) is 6.50. The van der Waals surface area contributed by atoms with Gasteiger partial charge in [0.15, 0.2) is 0 Å². The molecule has 1 aliphatic rings. The van der Waals surface area contributed by atoms with Crippen molar-refractivity contribution in [3.05, 3.63) is 48.0 Å². The molecule has 1 unspecified atom stereocenters. The van der Waals surface area contributed by atoms with Crippen LogP contribution in [0.5, 0.6) is 0 Å². The molecule has 1 atom stereocenters. The first-order chi connectivity index (χ1) is 12.6. The van der Waals surface area contributed by atoms with Gasteiger partial charge in [0, 0.05) is 35.9 Å². The minimum absolute atomic E-state index is 0.159. The number of anilines is 4. The zero-order valence-corrected chi connectivity index (χ0v) is 14.2. The monoisotopic (exact) mass is 345 g/mol. The highest BCUT2D eigenvalue weighted by atomic mass is 15.3. The number of nitrogens with zero attached hydrogens (tertiary/aromatic N) is 4. The van der Waals surface area contributed by atoms with Crippen LogP contribution in [-0.2, 0) is 0 Å². The van der Waals surface area contributed by atoms with Crippen LogP contribution in [0.1, 0.15) is 12.0 Å². The summed E-state index contributed by atoms with van der Waals surface area (Å²) in [6.07, 6.45) is 0.946. The third-order valence-corrected chi connectivity index (χ3v) is 4.45. The SMILES string of the molecule is N#Cc1cc(N)cc(Nc2nc(N3CCC(N)C3)c3ccccc3n2)c1. The molecular weight excluding hydrogens is 326 g/mol. The molecule has 0 spiro atoms. The molecule has 1 aromatic heterocycles. The molecule has 0 saturated carbocycles. The van der Waals surface area contributed by atoms with E-state index in [-0.39, 0.29) is 6.04 Å². The molecule has 7 nitrogen and oxygen atoms in total. The molecule has 1 aliphatic heterocycles. The van der Waals surface area contributed by atoms with Crippen molar-refractivity contribution in [3.63, 3.8) is 0 Å². The maximum atomic E-state index is 9.12. The van der Waals surface area contributed by atoms with Gasteiger partial charge in [0.25, 0.3) is 0 Å². The summed E-state index contributed by atoms with van der Waals surface area (Å²) in [6.45, 7) is 1.65. The second-order valence-electron chi connectivity index (χ2n) is 6.46. The first-order valence-corrected chi connectivity index (χ1v) is 8.47. The Bertz CT molecular complexity index is 1010. The van der Waals surface area contributed by atoms with Gasteiger partial charge in [-0.3, -0.25) is 0 Å². The number of aromatic nitrogens is 2. The van der Waals surface area contributed by atoms with Gasteiger partial charge >= 0.3 is 0 Å². The van der Waals surface area contributed by atoms with Crippen molar-refractivity contribution >= 4 is 34.0 Å². The van der Waals surface area contributed by atoms with Crippen molar-refractivity contribution in [2.75, 3.05) is 29.0 Å². The molecule has 2 heterocycles. The van der Waals surface area contributed by atoms with Crippen LogP contribution in [-0.4, -0.2) is 29.1 Å².